The summed E-state index contributed by atoms with van der Waals surface area (Å²) >= 11 is 1.69. The van der Waals surface area contributed by atoms with Crippen LogP contribution < -0.4 is 9.80 Å². The predicted octanol–water partition coefficient (Wildman–Crippen LogP) is 16.5. The first kappa shape index (κ1) is 40.2. The molecule has 4 heterocycles. The molecule has 0 aliphatic carbocycles. The fourth-order valence-electron chi connectivity index (χ4n) is 10.7. The molecule has 2 aliphatic heterocycles. The minimum Gasteiger partial charge on any atom is -0.436 e. The highest BCUT2D eigenvalue weighted by atomic mass is 32.1. The minimum atomic E-state index is 0.312. The van der Waals surface area contributed by atoms with Crippen LogP contribution in [0.1, 0.15) is 45.2 Å². The van der Waals surface area contributed by atoms with Crippen LogP contribution in [0.5, 0.6) is 0 Å². The maximum absolute atomic E-state index is 6.46. The summed E-state index contributed by atoms with van der Waals surface area (Å²) in [6.07, 6.45) is 3.86. The molecule has 0 bridgehead atoms. The van der Waals surface area contributed by atoms with Crippen molar-refractivity contribution in [2.24, 2.45) is 0 Å². The van der Waals surface area contributed by atoms with Gasteiger partial charge in [0.15, 0.2) is 5.58 Å². The van der Waals surface area contributed by atoms with Crippen molar-refractivity contribution < 1.29 is 4.42 Å². The van der Waals surface area contributed by atoms with Gasteiger partial charge in [0.25, 0.3) is 0 Å². The molecular weight excluding hydrogens is 849 g/mol. The summed E-state index contributed by atoms with van der Waals surface area (Å²) in [6, 6.07) is 79.1. The SMILES string of the molecule is c1ccc(CC2Cc3ccccc3N(c3ccc(-c4nc5cc6oc(-c7ccc(CC8Cc9ccccc9N(c9ccccc9)c9ccccc98)cc7)nc6cc5s4)cc3)c3ccccc32)cc1. The summed E-state index contributed by atoms with van der Waals surface area (Å²) in [5, 5.41) is 0.974. The smallest absolute Gasteiger partial charge is 0.227 e. The van der Waals surface area contributed by atoms with Crippen molar-refractivity contribution in [3.8, 4) is 22.0 Å². The first-order chi connectivity index (χ1) is 33.7. The predicted molar refractivity (Wildman–Crippen MR) is 281 cm³/mol. The van der Waals surface area contributed by atoms with Gasteiger partial charge in [-0.2, -0.15) is 0 Å². The molecular formula is C62H46N4OS. The normalized spacial score (nSPS) is 15.3. The monoisotopic (exact) mass is 894 g/mol. The molecule has 2 aromatic heterocycles. The van der Waals surface area contributed by atoms with E-state index in [9.17, 15) is 0 Å². The maximum Gasteiger partial charge on any atom is 0.227 e. The molecule has 0 N–H and O–H groups in total. The molecule has 68 heavy (non-hydrogen) atoms. The summed E-state index contributed by atoms with van der Waals surface area (Å²) in [4.78, 5) is 15.0. The molecule has 0 amide bonds. The van der Waals surface area contributed by atoms with Gasteiger partial charge in [0.2, 0.25) is 5.89 Å². The Kier molecular flexibility index (Phi) is 10.0. The summed E-state index contributed by atoms with van der Waals surface area (Å²) in [5.74, 6) is 1.30. The van der Waals surface area contributed by atoms with Crippen molar-refractivity contribution in [2.45, 2.75) is 37.5 Å². The van der Waals surface area contributed by atoms with Crippen LogP contribution in [-0.2, 0) is 25.7 Å². The fraction of sp³-hybridized carbons (Fsp3) is 0.0968. The van der Waals surface area contributed by atoms with Gasteiger partial charge < -0.3 is 14.2 Å². The van der Waals surface area contributed by atoms with E-state index in [0.717, 1.165) is 68.8 Å². The van der Waals surface area contributed by atoms with Gasteiger partial charge in [0, 0.05) is 51.3 Å². The van der Waals surface area contributed by atoms with Gasteiger partial charge >= 0.3 is 0 Å². The number of rotatable bonds is 8. The van der Waals surface area contributed by atoms with Crippen LogP contribution in [0.3, 0.4) is 0 Å². The number of fused-ring (bicyclic) bond motifs is 6. The lowest BCUT2D eigenvalue weighted by molar-refractivity contribution is 0.620. The van der Waals surface area contributed by atoms with Crippen LogP contribution in [0.25, 0.3) is 43.3 Å². The van der Waals surface area contributed by atoms with Crippen LogP contribution in [0.4, 0.5) is 34.1 Å². The van der Waals surface area contributed by atoms with Gasteiger partial charge in [-0.05, 0) is 150 Å². The second-order valence-electron chi connectivity index (χ2n) is 18.1. The second-order valence-corrected chi connectivity index (χ2v) is 19.2. The average Bonchev–Trinajstić information content (AvgIpc) is 3.94. The molecule has 0 saturated carbocycles. The van der Waals surface area contributed by atoms with Crippen LogP contribution in [0.15, 0.2) is 223 Å². The van der Waals surface area contributed by atoms with Gasteiger partial charge in [-0.3, -0.25) is 0 Å². The Morgan fingerprint density at radius 1 is 0.441 bits per heavy atom. The van der Waals surface area contributed by atoms with E-state index in [0.29, 0.717) is 17.7 Å². The van der Waals surface area contributed by atoms with E-state index in [1.807, 2.05) is 6.07 Å². The zero-order valence-corrected chi connectivity index (χ0v) is 38.2. The lowest BCUT2D eigenvalue weighted by atomic mass is 9.86. The van der Waals surface area contributed by atoms with Gasteiger partial charge in [-0.15, -0.1) is 11.3 Å². The molecule has 0 fully saturated rings. The standard InChI is InChI=1S/C62H46N4OS/c1-3-15-41(16-4-1)35-47-37-46-18-8-12-24-56(46)66(58-26-14-10-21-51(47)58)50-33-31-44(32-34-50)62-64-54-39-59-53(40-60(54)68-62)63-61(67-59)43-29-27-42(28-30-43)36-48-38-45-17-7-11-23-55(45)65(49-19-5-2-6-20-49)57-25-13-9-22-52(48)57/h1-34,39-40,47-48H,35-38H2. The number of hydrogen-bond donors (Lipinski definition) is 0. The van der Waals surface area contributed by atoms with Gasteiger partial charge in [0.05, 0.1) is 10.2 Å². The Morgan fingerprint density at radius 2 is 0.941 bits per heavy atom. The number of thiazole rings is 1. The molecule has 13 rings (SSSR count). The van der Waals surface area contributed by atoms with Crippen molar-refractivity contribution in [1.29, 1.82) is 0 Å². The Hall–Kier alpha value is -8.06. The van der Waals surface area contributed by atoms with Crippen molar-refractivity contribution in [3.05, 3.63) is 252 Å². The second kappa shape index (κ2) is 17.0. The van der Waals surface area contributed by atoms with Gasteiger partial charge in [0.1, 0.15) is 10.5 Å². The number of benzene rings is 9. The molecule has 0 saturated heterocycles. The highest BCUT2D eigenvalue weighted by Crippen LogP contribution is 2.48. The summed E-state index contributed by atoms with van der Waals surface area (Å²) in [5.41, 5.74) is 19.9. The first-order valence-electron chi connectivity index (χ1n) is 23.6. The van der Waals surface area contributed by atoms with Crippen LogP contribution in [0.2, 0.25) is 0 Å². The van der Waals surface area contributed by atoms with Gasteiger partial charge in [-0.25, -0.2) is 9.97 Å². The van der Waals surface area contributed by atoms with Crippen LogP contribution >= 0.6 is 11.3 Å². The number of nitrogens with zero attached hydrogens (tertiary/aromatic N) is 4. The van der Waals surface area contributed by atoms with Crippen molar-refractivity contribution in [3.63, 3.8) is 0 Å². The van der Waals surface area contributed by atoms with Gasteiger partial charge in [-0.1, -0.05) is 133 Å². The zero-order valence-electron chi connectivity index (χ0n) is 37.4. The first-order valence-corrected chi connectivity index (χ1v) is 24.4. The summed E-state index contributed by atoms with van der Waals surface area (Å²) in [6.45, 7) is 0. The van der Waals surface area contributed by atoms with E-state index in [1.165, 1.54) is 61.8 Å². The molecule has 6 heteroatoms. The molecule has 11 aromatic rings. The Labute approximate surface area is 400 Å². The number of oxazole rings is 1. The average molecular weight is 895 g/mol. The number of anilines is 6. The van der Waals surface area contributed by atoms with E-state index in [4.69, 9.17) is 14.4 Å². The molecule has 2 atom stereocenters. The molecule has 9 aromatic carbocycles. The molecule has 0 radical (unpaired) electrons. The molecule has 0 spiro atoms. The third kappa shape index (κ3) is 7.34. The highest BCUT2D eigenvalue weighted by molar-refractivity contribution is 7.21. The number of para-hydroxylation sites is 5. The lowest BCUT2D eigenvalue weighted by Crippen LogP contribution is -2.12. The maximum atomic E-state index is 6.46. The Morgan fingerprint density at radius 3 is 1.56 bits per heavy atom. The van der Waals surface area contributed by atoms with E-state index >= 15 is 0 Å². The van der Waals surface area contributed by atoms with E-state index in [1.54, 1.807) is 11.3 Å². The molecule has 2 unspecified atom stereocenters. The van der Waals surface area contributed by atoms with E-state index in [2.05, 4.69) is 222 Å². The number of hydrogen-bond acceptors (Lipinski definition) is 6. The highest BCUT2D eigenvalue weighted by Gasteiger charge is 2.30. The minimum absolute atomic E-state index is 0.312. The van der Waals surface area contributed by atoms with Crippen LogP contribution in [0, 0.1) is 0 Å². The lowest BCUT2D eigenvalue weighted by Gasteiger charge is -2.27. The molecule has 2 aliphatic rings. The zero-order chi connectivity index (χ0) is 45.0. The summed E-state index contributed by atoms with van der Waals surface area (Å²) < 4.78 is 7.54. The summed E-state index contributed by atoms with van der Waals surface area (Å²) in [7, 11) is 0. The van der Waals surface area contributed by atoms with E-state index in [-0.39, 0.29) is 0 Å². The van der Waals surface area contributed by atoms with Crippen molar-refractivity contribution >= 4 is 66.8 Å². The topological polar surface area (TPSA) is 45.4 Å². The largest absolute Gasteiger partial charge is 0.436 e. The third-order valence-electron chi connectivity index (χ3n) is 13.9. The van der Waals surface area contributed by atoms with Crippen molar-refractivity contribution in [1.82, 2.24) is 9.97 Å². The Balaban J connectivity index is 0.755. The third-order valence-corrected chi connectivity index (χ3v) is 15.0. The molecule has 5 nitrogen and oxygen atoms in total. The Bertz CT molecular complexity index is 3550. The van der Waals surface area contributed by atoms with E-state index < -0.39 is 0 Å². The quantitative estimate of drug-likeness (QED) is 0.152. The van der Waals surface area contributed by atoms with Crippen molar-refractivity contribution in [2.75, 3.05) is 9.80 Å². The molecule has 326 valence electrons. The number of aromatic nitrogens is 2. The van der Waals surface area contributed by atoms with Crippen LogP contribution in [-0.4, -0.2) is 9.97 Å². The fourth-order valence-corrected chi connectivity index (χ4v) is 11.7.